The molecule has 0 amide bonds. The Bertz CT molecular complexity index is 964. The third-order valence-corrected chi connectivity index (χ3v) is 5.35. The fraction of sp³-hybridized carbons (Fsp3) is 0.273. The highest BCUT2D eigenvalue weighted by molar-refractivity contribution is 7.99. The first-order valence-corrected chi connectivity index (χ1v) is 9.82. The van der Waals surface area contributed by atoms with Gasteiger partial charge < -0.3 is 9.84 Å². The molecular weight excluding hydrogens is 356 g/mol. The summed E-state index contributed by atoms with van der Waals surface area (Å²) < 4.78 is 5.64. The Hall–Kier alpha value is -2.55. The molecule has 1 atom stereocenters. The molecule has 1 N–H and O–H groups in total. The zero-order valence-electron chi connectivity index (χ0n) is 15.5. The molecule has 1 aromatic heterocycles. The van der Waals surface area contributed by atoms with Crippen molar-refractivity contribution < 1.29 is 9.84 Å². The summed E-state index contributed by atoms with van der Waals surface area (Å²) >= 11 is 1.53. The number of ether oxygens (including phenoxy) is 1. The van der Waals surface area contributed by atoms with Gasteiger partial charge in [-0.25, -0.2) is 4.98 Å². The van der Waals surface area contributed by atoms with Crippen LogP contribution in [0.5, 0.6) is 5.75 Å². The number of aliphatic hydroxyl groups excluding tert-OH is 1. The number of hydrogen-bond donors (Lipinski definition) is 1. The summed E-state index contributed by atoms with van der Waals surface area (Å²) in [7, 11) is 0. The number of aromatic nitrogens is 1. The zero-order chi connectivity index (χ0) is 19.2. The maximum Gasteiger partial charge on any atom is 0.119 e. The van der Waals surface area contributed by atoms with Gasteiger partial charge in [0.2, 0.25) is 0 Å². The van der Waals surface area contributed by atoms with Gasteiger partial charge in [0.05, 0.1) is 29.1 Å². The normalized spacial score (nSPS) is 11.9. The second-order valence-corrected chi connectivity index (χ2v) is 7.54. The molecule has 0 aliphatic heterocycles. The minimum Gasteiger partial charge on any atom is -0.491 e. The molecule has 0 saturated heterocycles. The van der Waals surface area contributed by atoms with Crippen molar-refractivity contribution in [3.8, 4) is 11.8 Å². The summed E-state index contributed by atoms with van der Waals surface area (Å²) in [5.74, 6) is 1.20. The third-order valence-electron chi connectivity index (χ3n) is 4.30. The van der Waals surface area contributed by atoms with Crippen LogP contribution in [0.25, 0.3) is 10.9 Å². The predicted molar refractivity (Wildman–Crippen MR) is 109 cm³/mol. The van der Waals surface area contributed by atoms with Crippen LogP contribution in [-0.2, 0) is 6.42 Å². The number of aliphatic hydroxyl groups is 1. The second-order valence-electron chi connectivity index (χ2n) is 6.50. The van der Waals surface area contributed by atoms with Crippen molar-refractivity contribution in [1.82, 2.24) is 4.98 Å². The largest absolute Gasteiger partial charge is 0.491 e. The van der Waals surface area contributed by atoms with Crippen molar-refractivity contribution in [3.63, 3.8) is 0 Å². The zero-order valence-corrected chi connectivity index (χ0v) is 16.3. The molecule has 0 aliphatic rings. The Balaban J connectivity index is 1.56. The first-order chi connectivity index (χ1) is 13.1. The number of fused-ring (bicyclic) bond motifs is 1. The lowest BCUT2D eigenvalue weighted by molar-refractivity contribution is 0.126. The Labute approximate surface area is 163 Å². The van der Waals surface area contributed by atoms with E-state index in [2.05, 4.69) is 38.1 Å². The molecule has 1 heterocycles. The lowest BCUT2D eigenvalue weighted by atomic mass is 10.1. The van der Waals surface area contributed by atoms with E-state index < -0.39 is 6.10 Å². The molecule has 2 aromatic carbocycles. The van der Waals surface area contributed by atoms with Crippen molar-refractivity contribution in [2.75, 3.05) is 12.4 Å². The number of aryl methyl sites for hydroxylation is 2. The molecular formula is C22H22N2O2S. The standard InChI is InChI=1S/C22H22N2O2S/c1-15-4-3-5-20-16(2)12-21(24-22(15)20)27-14-18(25)13-26-19-8-6-17(7-9-19)10-11-23/h3-9,12,18,25H,10,13-14H2,1-2H3/t18-/m1/s1. The molecule has 3 rings (SSSR count). The maximum atomic E-state index is 10.2. The number of para-hydroxylation sites is 1. The monoisotopic (exact) mass is 378 g/mol. The predicted octanol–water partition coefficient (Wildman–Crippen LogP) is 4.45. The Kier molecular flexibility index (Phi) is 6.33. The van der Waals surface area contributed by atoms with Crippen LogP contribution >= 0.6 is 11.8 Å². The number of benzene rings is 2. The highest BCUT2D eigenvalue weighted by atomic mass is 32.2. The molecule has 4 nitrogen and oxygen atoms in total. The van der Waals surface area contributed by atoms with Gasteiger partial charge in [-0.15, -0.1) is 11.8 Å². The average Bonchev–Trinajstić information content (AvgIpc) is 2.67. The molecule has 0 aliphatic carbocycles. The van der Waals surface area contributed by atoms with E-state index in [0.29, 0.717) is 17.9 Å². The molecule has 0 radical (unpaired) electrons. The van der Waals surface area contributed by atoms with Crippen molar-refractivity contribution >= 4 is 22.7 Å². The van der Waals surface area contributed by atoms with Crippen LogP contribution in [-0.4, -0.2) is 28.6 Å². The van der Waals surface area contributed by atoms with Gasteiger partial charge in [0, 0.05) is 11.1 Å². The van der Waals surface area contributed by atoms with Gasteiger partial charge in [0.15, 0.2) is 0 Å². The van der Waals surface area contributed by atoms with Crippen LogP contribution in [0.1, 0.15) is 16.7 Å². The molecule has 0 bridgehead atoms. The maximum absolute atomic E-state index is 10.2. The van der Waals surface area contributed by atoms with Crippen LogP contribution in [0.4, 0.5) is 0 Å². The Morgan fingerprint density at radius 2 is 1.93 bits per heavy atom. The van der Waals surface area contributed by atoms with Crippen molar-refractivity contribution in [3.05, 3.63) is 65.2 Å². The molecule has 5 heteroatoms. The van der Waals surface area contributed by atoms with Gasteiger partial charge in [-0.1, -0.05) is 30.3 Å². The number of rotatable bonds is 7. The number of nitrogens with zero attached hydrogens (tertiary/aromatic N) is 2. The summed E-state index contributed by atoms with van der Waals surface area (Å²) in [5, 5.41) is 21.0. The van der Waals surface area contributed by atoms with Gasteiger partial charge >= 0.3 is 0 Å². The SMILES string of the molecule is Cc1cc(SC[C@H](O)COc2ccc(CC#N)cc2)nc2c(C)cccc12. The minimum absolute atomic E-state index is 0.218. The van der Waals surface area contributed by atoms with Crippen LogP contribution in [0.2, 0.25) is 0 Å². The lowest BCUT2D eigenvalue weighted by Gasteiger charge is -2.13. The second kappa shape index (κ2) is 8.90. The third kappa shape index (κ3) is 5.00. The number of thioether (sulfide) groups is 1. The molecule has 0 saturated carbocycles. The quantitative estimate of drug-likeness (QED) is 0.615. The van der Waals surface area contributed by atoms with Gasteiger partial charge in [-0.05, 0) is 48.7 Å². The van der Waals surface area contributed by atoms with Gasteiger partial charge in [0.1, 0.15) is 12.4 Å². The van der Waals surface area contributed by atoms with Crippen molar-refractivity contribution in [2.45, 2.75) is 31.4 Å². The molecule has 138 valence electrons. The fourth-order valence-electron chi connectivity index (χ4n) is 2.82. The van der Waals surface area contributed by atoms with E-state index in [9.17, 15) is 5.11 Å². The number of nitriles is 1. The lowest BCUT2D eigenvalue weighted by Crippen LogP contribution is -2.20. The van der Waals surface area contributed by atoms with Crippen molar-refractivity contribution in [1.29, 1.82) is 5.26 Å². The molecule has 0 spiro atoms. The molecule has 27 heavy (non-hydrogen) atoms. The highest BCUT2D eigenvalue weighted by Crippen LogP contribution is 2.26. The van der Waals surface area contributed by atoms with E-state index in [4.69, 9.17) is 15.0 Å². The summed E-state index contributed by atoms with van der Waals surface area (Å²) in [6.07, 6.45) is -0.208. The van der Waals surface area contributed by atoms with E-state index in [0.717, 1.165) is 21.7 Å². The Morgan fingerprint density at radius 1 is 1.15 bits per heavy atom. The van der Waals surface area contributed by atoms with Crippen LogP contribution < -0.4 is 4.74 Å². The average molecular weight is 378 g/mol. The van der Waals surface area contributed by atoms with E-state index in [-0.39, 0.29) is 6.61 Å². The van der Waals surface area contributed by atoms with E-state index in [1.807, 2.05) is 30.3 Å². The smallest absolute Gasteiger partial charge is 0.119 e. The number of hydrogen-bond acceptors (Lipinski definition) is 5. The van der Waals surface area contributed by atoms with Crippen LogP contribution in [0, 0.1) is 25.2 Å². The fourth-order valence-corrected chi connectivity index (χ4v) is 3.70. The summed E-state index contributed by atoms with van der Waals surface area (Å²) in [6, 6.07) is 17.8. The first kappa shape index (κ1) is 19.2. The van der Waals surface area contributed by atoms with E-state index in [1.165, 1.54) is 22.7 Å². The van der Waals surface area contributed by atoms with Crippen LogP contribution in [0.15, 0.2) is 53.6 Å². The van der Waals surface area contributed by atoms with Gasteiger partial charge in [-0.2, -0.15) is 5.26 Å². The van der Waals surface area contributed by atoms with Crippen molar-refractivity contribution in [2.24, 2.45) is 0 Å². The van der Waals surface area contributed by atoms with Gasteiger partial charge in [0.25, 0.3) is 0 Å². The molecule has 0 fully saturated rings. The van der Waals surface area contributed by atoms with Crippen LogP contribution in [0.3, 0.4) is 0 Å². The number of pyridine rings is 1. The summed E-state index contributed by atoms with van der Waals surface area (Å²) in [6.45, 7) is 4.37. The molecule has 0 unspecified atom stereocenters. The molecule has 3 aromatic rings. The first-order valence-electron chi connectivity index (χ1n) is 8.83. The summed E-state index contributed by atoms with van der Waals surface area (Å²) in [5.41, 5.74) is 4.31. The van der Waals surface area contributed by atoms with E-state index in [1.54, 1.807) is 0 Å². The summed E-state index contributed by atoms with van der Waals surface area (Å²) in [4.78, 5) is 4.74. The highest BCUT2D eigenvalue weighted by Gasteiger charge is 2.10. The minimum atomic E-state index is -0.594. The topological polar surface area (TPSA) is 66.1 Å². The van der Waals surface area contributed by atoms with E-state index >= 15 is 0 Å². The Morgan fingerprint density at radius 3 is 2.67 bits per heavy atom. The van der Waals surface area contributed by atoms with Gasteiger partial charge in [-0.3, -0.25) is 0 Å².